The van der Waals surface area contributed by atoms with Crippen molar-refractivity contribution < 1.29 is 0 Å². The van der Waals surface area contributed by atoms with Crippen molar-refractivity contribution in [1.29, 1.82) is 5.26 Å². The minimum absolute atomic E-state index is 0.367. The first-order valence-corrected chi connectivity index (χ1v) is 4.76. The Morgan fingerprint density at radius 3 is 3.07 bits per heavy atom. The Labute approximate surface area is 86.3 Å². The second kappa shape index (κ2) is 3.69. The van der Waals surface area contributed by atoms with Gasteiger partial charge in [0.2, 0.25) is 0 Å². The Bertz CT molecular complexity index is 496. The van der Waals surface area contributed by atoms with Crippen molar-refractivity contribution >= 4 is 22.6 Å². The number of fused-ring (bicyclic) bond motifs is 1. The highest BCUT2D eigenvalue weighted by Crippen LogP contribution is 2.19. The number of hydrogen-bond acceptors (Lipinski definition) is 2. The third-order valence-electron chi connectivity index (χ3n) is 2.09. The van der Waals surface area contributed by atoms with Crippen molar-refractivity contribution in [1.82, 2.24) is 9.97 Å². The summed E-state index contributed by atoms with van der Waals surface area (Å²) in [7, 11) is 0. The zero-order valence-corrected chi connectivity index (χ0v) is 8.17. The molecule has 0 fully saturated rings. The molecular formula is C10H8ClN3. The van der Waals surface area contributed by atoms with E-state index in [0.717, 1.165) is 22.2 Å². The van der Waals surface area contributed by atoms with Crippen molar-refractivity contribution in [3.8, 4) is 6.07 Å². The maximum absolute atomic E-state index is 8.66. The summed E-state index contributed by atoms with van der Waals surface area (Å²) in [4.78, 5) is 7.18. The lowest BCUT2D eigenvalue weighted by molar-refractivity contribution is 1.25. The van der Waals surface area contributed by atoms with E-state index >= 15 is 0 Å². The average Bonchev–Trinajstić information content (AvgIpc) is 2.66. The third-order valence-corrected chi connectivity index (χ3v) is 2.39. The quantitative estimate of drug-likeness (QED) is 0.766. The largest absolute Gasteiger partial charge is 0.345 e. The fourth-order valence-corrected chi connectivity index (χ4v) is 1.64. The number of nitrogens with zero attached hydrogens (tertiary/aromatic N) is 2. The number of nitriles is 1. The van der Waals surface area contributed by atoms with Crippen LogP contribution >= 0.6 is 11.6 Å². The van der Waals surface area contributed by atoms with Gasteiger partial charge >= 0.3 is 0 Å². The summed E-state index contributed by atoms with van der Waals surface area (Å²) >= 11 is 5.75. The van der Waals surface area contributed by atoms with E-state index in [1.165, 1.54) is 0 Å². The summed E-state index contributed by atoms with van der Waals surface area (Å²) in [5, 5.41) is 8.66. The van der Waals surface area contributed by atoms with Gasteiger partial charge in [-0.2, -0.15) is 5.26 Å². The lowest BCUT2D eigenvalue weighted by Gasteiger charge is -2.00. The van der Waals surface area contributed by atoms with Crippen molar-refractivity contribution in [3.05, 3.63) is 29.6 Å². The van der Waals surface area contributed by atoms with Gasteiger partial charge in [0.25, 0.3) is 0 Å². The third kappa shape index (κ3) is 1.45. The van der Waals surface area contributed by atoms with E-state index in [1.807, 2.05) is 12.1 Å². The Morgan fingerprint density at radius 2 is 2.36 bits per heavy atom. The molecule has 1 aromatic carbocycles. The molecule has 0 spiro atoms. The molecule has 3 nitrogen and oxygen atoms in total. The van der Waals surface area contributed by atoms with Crippen LogP contribution in [0.2, 0.25) is 0 Å². The number of halogens is 1. The first-order chi connectivity index (χ1) is 6.85. The van der Waals surface area contributed by atoms with Crippen LogP contribution in [0.25, 0.3) is 11.0 Å². The molecule has 1 aromatic heterocycles. The molecule has 0 aliphatic carbocycles. The minimum Gasteiger partial charge on any atom is -0.345 e. The Balaban J connectivity index is 2.65. The normalized spacial score (nSPS) is 10.3. The van der Waals surface area contributed by atoms with Gasteiger partial charge < -0.3 is 4.98 Å². The van der Waals surface area contributed by atoms with Gasteiger partial charge in [-0.1, -0.05) is 6.07 Å². The van der Waals surface area contributed by atoms with Crippen molar-refractivity contribution in [2.45, 2.75) is 12.3 Å². The maximum Gasteiger partial charge on any atom is 0.0932 e. The highest BCUT2D eigenvalue weighted by atomic mass is 35.5. The summed E-state index contributed by atoms with van der Waals surface area (Å²) in [5.41, 5.74) is 3.74. The number of benzene rings is 1. The van der Waals surface area contributed by atoms with E-state index in [0.29, 0.717) is 12.3 Å². The molecule has 0 unspecified atom stereocenters. The number of nitrogens with one attached hydrogen (secondary N) is 1. The number of alkyl halides is 1. The van der Waals surface area contributed by atoms with Crippen LogP contribution in [0.1, 0.15) is 11.1 Å². The topological polar surface area (TPSA) is 52.5 Å². The fourth-order valence-electron chi connectivity index (χ4n) is 1.49. The lowest BCUT2D eigenvalue weighted by atomic mass is 10.1. The van der Waals surface area contributed by atoms with Gasteiger partial charge in [0.15, 0.2) is 0 Å². The molecule has 0 atom stereocenters. The molecular weight excluding hydrogens is 198 g/mol. The molecule has 4 heteroatoms. The highest BCUT2D eigenvalue weighted by molar-refractivity contribution is 6.17. The zero-order chi connectivity index (χ0) is 9.97. The van der Waals surface area contributed by atoms with Crippen LogP contribution in [0, 0.1) is 11.3 Å². The van der Waals surface area contributed by atoms with Crippen LogP contribution in [0.3, 0.4) is 0 Å². The van der Waals surface area contributed by atoms with Gasteiger partial charge in [-0.3, -0.25) is 0 Å². The van der Waals surface area contributed by atoms with Crippen LogP contribution in [-0.4, -0.2) is 9.97 Å². The maximum atomic E-state index is 8.66. The van der Waals surface area contributed by atoms with Gasteiger partial charge in [0, 0.05) is 5.88 Å². The first kappa shape index (κ1) is 9.04. The smallest absolute Gasteiger partial charge is 0.0932 e. The summed E-state index contributed by atoms with van der Waals surface area (Å²) in [5.74, 6) is 0.452. The SMILES string of the molecule is N#CCc1cc(CCl)cc2[nH]cnc12. The summed E-state index contributed by atoms with van der Waals surface area (Å²) in [6.07, 6.45) is 2.00. The molecule has 70 valence electrons. The fraction of sp³-hybridized carbons (Fsp3) is 0.200. The molecule has 2 rings (SSSR count). The van der Waals surface area contributed by atoms with Gasteiger partial charge in [-0.05, 0) is 17.2 Å². The monoisotopic (exact) mass is 205 g/mol. The number of imidazole rings is 1. The Morgan fingerprint density at radius 1 is 1.50 bits per heavy atom. The summed E-state index contributed by atoms with van der Waals surface area (Å²) < 4.78 is 0. The molecule has 0 aliphatic heterocycles. The zero-order valence-electron chi connectivity index (χ0n) is 7.42. The van der Waals surface area contributed by atoms with Crippen LogP contribution in [0.4, 0.5) is 0 Å². The van der Waals surface area contributed by atoms with Crippen LogP contribution in [0.15, 0.2) is 18.5 Å². The number of H-pyrrole nitrogens is 1. The lowest BCUT2D eigenvalue weighted by Crippen LogP contribution is -1.88. The number of aromatic amines is 1. The Hall–Kier alpha value is -1.53. The van der Waals surface area contributed by atoms with E-state index in [1.54, 1.807) is 6.33 Å². The Kier molecular flexibility index (Phi) is 2.38. The first-order valence-electron chi connectivity index (χ1n) is 4.23. The molecule has 1 N–H and O–H groups in total. The van der Waals surface area contributed by atoms with E-state index in [2.05, 4.69) is 16.0 Å². The average molecular weight is 206 g/mol. The molecule has 0 amide bonds. The van der Waals surface area contributed by atoms with E-state index < -0.39 is 0 Å². The van der Waals surface area contributed by atoms with Crippen molar-refractivity contribution in [3.63, 3.8) is 0 Å². The molecule has 14 heavy (non-hydrogen) atoms. The van der Waals surface area contributed by atoms with E-state index in [-0.39, 0.29) is 0 Å². The molecule has 1 heterocycles. The summed E-state index contributed by atoms with van der Waals surface area (Å²) in [6, 6.07) is 6.00. The van der Waals surface area contributed by atoms with Crippen LogP contribution in [0.5, 0.6) is 0 Å². The van der Waals surface area contributed by atoms with E-state index in [4.69, 9.17) is 16.9 Å². The predicted octanol–water partition coefficient (Wildman–Crippen LogP) is 2.37. The second-order valence-electron chi connectivity index (χ2n) is 3.02. The van der Waals surface area contributed by atoms with Gasteiger partial charge in [-0.25, -0.2) is 4.98 Å². The summed E-state index contributed by atoms with van der Waals surface area (Å²) in [6.45, 7) is 0. The molecule has 0 saturated carbocycles. The molecule has 0 bridgehead atoms. The van der Waals surface area contributed by atoms with Gasteiger partial charge in [0.1, 0.15) is 0 Å². The van der Waals surface area contributed by atoms with E-state index in [9.17, 15) is 0 Å². The number of rotatable bonds is 2. The van der Waals surface area contributed by atoms with Crippen LogP contribution in [-0.2, 0) is 12.3 Å². The van der Waals surface area contributed by atoms with Gasteiger partial charge in [-0.15, -0.1) is 11.6 Å². The number of aromatic nitrogens is 2. The minimum atomic E-state index is 0.367. The van der Waals surface area contributed by atoms with Crippen molar-refractivity contribution in [2.24, 2.45) is 0 Å². The standard InChI is InChI=1S/C10H8ClN3/c11-5-7-3-8(1-2-12)10-9(4-7)13-6-14-10/h3-4,6H,1,5H2,(H,13,14). The van der Waals surface area contributed by atoms with Gasteiger partial charge in [0.05, 0.1) is 29.9 Å². The molecule has 0 saturated heterocycles. The van der Waals surface area contributed by atoms with Crippen molar-refractivity contribution in [2.75, 3.05) is 0 Å². The van der Waals surface area contributed by atoms with Crippen LogP contribution < -0.4 is 0 Å². The molecule has 0 radical (unpaired) electrons. The predicted molar refractivity (Wildman–Crippen MR) is 55.0 cm³/mol. The number of hydrogen-bond donors (Lipinski definition) is 1. The molecule has 0 aliphatic rings. The molecule has 2 aromatic rings. The highest BCUT2D eigenvalue weighted by Gasteiger charge is 2.05. The second-order valence-corrected chi connectivity index (χ2v) is 3.29.